The molecule has 2 fully saturated rings. The molecule has 0 aromatic carbocycles. The van der Waals surface area contributed by atoms with Crippen LogP contribution in [0.1, 0.15) is 41.3 Å². The highest BCUT2D eigenvalue weighted by Gasteiger charge is 2.34. The molecule has 1 N–H and O–H groups in total. The molecular weight excluding hydrogens is 320 g/mol. The summed E-state index contributed by atoms with van der Waals surface area (Å²) in [5, 5.41) is 14.4. The molecule has 25 heavy (non-hydrogen) atoms. The molecule has 1 saturated carbocycles. The van der Waals surface area contributed by atoms with Crippen molar-refractivity contribution >= 4 is 11.7 Å². The third-order valence-corrected chi connectivity index (χ3v) is 5.32. The van der Waals surface area contributed by atoms with Crippen molar-refractivity contribution in [1.29, 1.82) is 0 Å². The van der Waals surface area contributed by atoms with E-state index in [0.717, 1.165) is 43.7 Å². The van der Waals surface area contributed by atoms with Crippen molar-refractivity contribution in [1.82, 2.24) is 29.4 Å². The first-order valence-electron chi connectivity index (χ1n) is 8.95. The van der Waals surface area contributed by atoms with E-state index in [0.29, 0.717) is 18.9 Å². The Morgan fingerprint density at radius 3 is 2.60 bits per heavy atom. The lowest BCUT2D eigenvalue weighted by Crippen LogP contribution is -2.53. The quantitative estimate of drug-likeness (QED) is 0.849. The van der Waals surface area contributed by atoms with Crippen molar-refractivity contribution in [2.75, 3.05) is 26.2 Å². The molecule has 0 unspecified atom stereocenters. The Morgan fingerprint density at radius 2 is 1.92 bits per heavy atom. The molecular formula is C17H24N6O2. The van der Waals surface area contributed by atoms with Crippen LogP contribution in [0.5, 0.6) is 0 Å². The normalized spacial score (nSPS) is 25.0. The van der Waals surface area contributed by atoms with E-state index in [2.05, 4.69) is 20.0 Å². The van der Waals surface area contributed by atoms with Crippen LogP contribution >= 0.6 is 0 Å². The van der Waals surface area contributed by atoms with Gasteiger partial charge in [0.05, 0.1) is 6.10 Å². The first kappa shape index (κ1) is 16.4. The van der Waals surface area contributed by atoms with Gasteiger partial charge < -0.3 is 10.0 Å². The molecule has 2 aliphatic rings. The molecule has 8 nitrogen and oxygen atoms in total. The van der Waals surface area contributed by atoms with Gasteiger partial charge in [-0.2, -0.15) is 4.98 Å². The number of fused-ring (bicyclic) bond motifs is 1. The van der Waals surface area contributed by atoms with Crippen LogP contribution < -0.4 is 0 Å². The van der Waals surface area contributed by atoms with Gasteiger partial charge in [0.25, 0.3) is 11.7 Å². The summed E-state index contributed by atoms with van der Waals surface area (Å²) in [5.74, 6) is 0.526. The molecule has 0 radical (unpaired) electrons. The van der Waals surface area contributed by atoms with Gasteiger partial charge in [0, 0.05) is 43.6 Å². The van der Waals surface area contributed by atoms with Crippen LogP contribution in [0.3, 0.4) is 0 Å². The van der Waals surface area contributed by atoms with Gasteiger partial charge in [-0.25, -0.2) is 9.50 Å². The molecule has 0 bridgehead atoms. The lowest BCUT2D eigenvalue weighted by atomic mass is 10.1. The molecule has 1 aliphatic heterocycles. The highest BCUT2D eigenvalue weighted by atomic mass is 16.3. The summed E-state index contributed by atoms with van der Waals surface area (Å²) in [7, 11) is 0. The van der Waals surface area contributed by atoms with Crippen molar-refractivity contribution < 1.29 is 9.90 Å². The van der Waals surface area contributed by atoms with Crippen molar-refractivity contribution in [3.8, 4) is 0 Å². The second-order valence-corrected chi connectivity index (χ2v) is 7.08. The number of hydrogen-bond acceptors (Lipinski definition) is 6. The minimum absolute atomic E-state index is 0.144. The third kappa shape index (κ3) is 3.00. The molecule has 2 aromatic rings. The van der Waals surface area contributed by atoms with E-state index in [1.54, 1.807) is 9.42 Å². The Morgan fingerprint density at radius 1 is 1.16 bits per heavy atom. The molecule has 4 rings (SSSR count). The fraction of sp³-hybridized carbons (Fsp3) is 0.647. The van der Waals surface area contributed by atoms with Crippen molar-refractivity contribution in [3.05, 3.63) is 23.3 Å². The van der Waals surface area contributed by atoms with E-state index in [9.17, 15) is 9.90 Å². The summed E-state index contributed by atoms with van der Waals surface area (Å²) < 4.78 is 1.62. The topological polar surface area (TPSA) is 86.9 Å². The number of aromatic nitrogens is 4. The number of aryl methyl sites for hydroxylation is 2. The van der Waals surface area contributed by atoms with E-state index < -0.39 is 0 Å². The number of amides is 1. The van der Waals surface area contributed by atoms with Crippen LogP contribution in [-0.4, -0.2) is 78.7 Å². The molecule has 1 aliphatic carbocycles. The molecule has 3 heterocycles. The molecule has 2 atom stereocenters. The largest absolute Gasteiger partial charge is 0.391 e. The number of aliphatic hydroxyl groups excluding tert-OH is 1. The first-order valence-corrected chi connectivity index (χ1v) is 8.95. The van der Waals surface area contributed by atoms with E-state index >= 15 is 0 Å². The monoisotopic (exact) mass is 344 g/mol. The maximum atomic E-state index is 12.7. The number of hydrogen-bond donors (Lipinski definition) is 1. The zero-order valence-electron chi connectivity index (χ0n) is 14.7. The summed E-state index contributed by atoms with van der Waals surface area (Å²) >= 11 is 0. The lowest BCUT2D eigenvalue weighted by Gasteiger charge is -2.38. The number of carbonyl (C=O) groups is 1. The Balaban J connectivity index is 1.46. The predicted molar refractivity (Wildman–Crippen MR) is 91.4 cm³/mol. The van der Waals surface area contributed by atoms with Crippen LogP contribution in [0.4, 0.5) is 0 Å². The minimum Gasteiger partial charge on any atom is -0.391 e. The van der Waals surface area contributed by atoms with Gasteiger partial charge in [0.1, 0.15) is 0 Å². The van der Waals surface area contributed by atoms with Crippen LogP contribution in [0.2, 0.25) is 0 Å². The standard InChI is InChI=1S/C17H24N6O2/c1-11-10-12(2)23-17(18-11)19-15(20-23)16(25)22-8-6-21(7-9-22)13-4-3-5-14(13)24/h10,13-14,24H,3-9H2,1-2H3/t13-,14-/m1/s1. The van der Waals surface area contributed by atoms with Crippen LogP contribution in [0.25, 0.3) is 5.78 Å². The van der Waals surface area contributed by atoms with Crippen LogP contribution in [-0.2, 0) is 0 Å². The van der Waals surface area contributed by atoms with E-state index in [4.69, 9.17) is 0 Å². The van der Waals surface area contributed by atoms with E-state index in [-0.39, 0.29) is 23.9 Å². The number of carbonyl (C=O) groups excluding carboxylic acids is 1. The predicted octanol–water partition coefficient (Wildman–Crippen LogP) is 0.412. The Hall–Kier alpha value is -2.06. The van der Waals surface area contributed by atoms with E-state index in [1.807, 2.05) is 19.9 Å². The molecule has 8 heteroatoms. The Labute approximate surface area is 146 Å². The van der Waals surface area contributed by atoms with Gasteiger partial charge in [-0.05, 0) is 39.2 Å². The number of aliphatic hydroxyl groups is 1. The van der Waals surface area contributed by atoms with Crippen molar-refractivity contribution in [2.24, 2.45) is 0 Å². The van der Waals surface area contributed by atoms with Gasteiger partial charge in [-0.3, -0.25) is 9.69 Å². The Bertz CT molecular complexity index is 796. The molecule has 1 amide bonds. The maximum absolute atomic E-state index is 12.7. The molecule has 0 spiro atoms. The lowest BCUT2D eigenvalue weighted by molar-refractivity contribution is 0.0310. The fourth-order valence-electron chi connectivity index (χ4n) is 4.00. The highest BCUT2D eigenvalue weighted by Crippen LogP contribution is 2.25. The van der Waals surface area contributed by atoms with Crippen molar-refractivity contribution in [2.45, 2.75) is 45.3 Å². The maximum Gasteiger partial charge on any atom is 0.293 e. The van der Waals surface area contributed by atoms with Crippen LogP contribution in [0.15, 0.2) is 6.07 Å². The zero-order valence-corrected chi connectivity index (χ0v) is 14.7. The van der Waals surface area contributed by atoms with Gasteiger partial charge in [-0.1, -0.05) is 0 Å². The number of nitrogens with zero attached hydrogens (tertiary/aromatic N) is 6. The fourth-order valence-corrected chi connectivity index (χ4v) is 4.00. The first-order chi connectivity index (χ1) is 12.0. The number of rotatable bonds is 2. The smallest absolute Gasteiger partial charge is 0.293 e. The summed E-state index contributed by atoms with van der Waals surface area (Å²) in [6, 6.07) is 2.17. The van der Waals surface area contributed by atoms with Gasteiger partial charge in [0.15, 0.2) is 0 Å². The summed E-state index contributed by atoms with van der Waals surface area (Å²) in [6.45, 7) is 6.69. The van der Waals surface area contributed by atoms with Crippen molar-refractivity contribution in [3.63, 3.8) is 0 Å². The molecule has 1 saturated heterocycles. The molecule has 134 valence electrons. The van der Waals surface area contributed by atoms with E-state index in [1.165, 1.54) is 0 Å². The summed E-state index contributed by atoms with van der Waals surface area (Å²) in [4.78, 5) is 25.5. The average molecular weight is 344 g/mol. The average Bonchev–Trinajstić information content (AvgIpc) is 3.20. The van der Waals surface area contributed by atoms with Crippen LogP contribution in [0, 0.1) is 13.8 Å². The summed E-state index contributed by atoms with van der Waals surface area (Å²) in [6.07, 6.45) is 2.80. The molecule has 2 aromatic heterocycles. The highest BCUT2D eigenvalue weighted by molar-refractivity contribution is 5.91. The SMILES string of the molecule is Cc1cc(C)n2nc(C(=O)N3CCN([C@@H]4CCC[C@H]4O)CC3)nc2n1. The van der Waals surface area contributed by atoms with Gasteiger partial charge in [0.2, 0.25) is 5.82 Å². The zero-order chi connectivity index (χ0) is 17.6. The van der Waals surface area contributed by atoms with Gasteiger partial charge in [-0.15, -0.1) is 5.10 Å². The Kier molecular flexibility index (Phi) is 4.16. The third-order valence-electron chi connectivity index (χ3n) is 5.32. The second-order valence-electron chi connectivity index (χ2n) is 7.08. The summed E-state index contributed by atoms with van der Waals surface area (Å²) in [5.41, 5.74) is 1.77. The second kappa shape index (κ2) is 6.34. The number of piperazine rings is 1. The van der Waals surface area contributed by atoms with Gasteiger partial charge >= 0.3 is 0 Å². The minimum atomic E-state index is -0.223.